The zero-order valence-corrected chi connectivity index (χ0v) is 21.4. The summed E-state index contributed by atoms with van der Waals surface area (Å²) in [5.41, 5.74) is 1.77. The van der Waals surface area contributed by atoms with Crippen LogP contribution in [0.2, 0.25) is 0 Å². The van der Waals surface area contributed by atoms with Gasteiger partial charge in [0.1, 0.15) is 17.7 Å². The van der Waals surface area contributed by atoms with E-state index in [1.165, 1.54) is 26.4 Å². The fourth-order valence-corrected chi connectivity index (χ4v) is 7.20. The minimum atomic E-state index is -4.22. The van der Waals surface area contributed by atoms with E-state index >= 15 is 4.39 Å². The lowest BCUT2D eigenvalue weighted by molar-refractivity contribution is -0.117. The van der Waals surface area contributed by atoms with Gasteiger partial charge in [-0.25, -0.2) is 12.8 Å². The molecule has 37 heavy (non-hydrogen) atoms. The number of hydrogen-bond donors (Lipinski definition) is 1. The Bertz CT molecular complexity index is 1500. The molecule has 0 radical (unpaired) electrons. The van der Waals surface area contributed by atoms with Crippen molar-refractivity contribution < 1.29 is 31.6 Å². The highest BCUT2D eigenvalue weighted by Crippen LogP contribution is 2.64. The smallest absolute Gasteiger partial charge is 0.270 e. The van der Waals surface area contributed by atoms with E-state index in [4.69, 9.17) is 14.0 Å². The number of carbonyl (C=O) groups excluding carboxylic acids is 1. The maximum absolute atomic E-state index is 15.2. The van der Waals surface area contributed by atoms with E-state index in [1.807, 2.05) is 25.1 Å². The van der Waals surface area contributed by atoms with E-state index in [1.54, 1.807) is 11.0 Å². The molecule has 1 aromatic heterocycles. The van der Waals surface area contributed by atoms with Crippen molar-refractivity contribution in [1.82, 2.24) is 5.16 Å². The Labute approximate surface area is 213 Å². The monoisotopic (exact) mass is 527 g/mol. The predicted octanol–water partition coefficient (Wildman–Crippen LogP) is 4.07. The van der Waals surface area contributed by atoms with Crippen molar-refractivity contribution in [3.05, 3.63) is 47.5 Å². The number of sulfonamides is 1. The number of benzene rings is 2. The van der Waals surface area contributed by atoms with E-state index in [9.17, 15) is 13.2 Å². The fraction of sp³-hybridized carbons (Fsp3) is 0.385. The Hall–Kier alpha value is -3.60. The summed E-state index contributed by atoms with van der Waals surface area (Å²) in [4.78, 5) is 13.9. The van der Waals surface area contributed by atoms with Crippen LogP contribution < -0.4 is 19.1 Å². The van der Waals surface area contributed by atoms with Gasteiger partial charge in [0.25, 0.3) is 10.0 Å². The van der Waals surface area contributed by atoms with E-state index in [-0.39, 0.29) is 40.5 Å². The summed E-state index contributed by atoms with van der Waals surface area (Å²) in [6.07, 6.45) is 0.378. The molecule has 2 aliphatic carbocycles. The largest absolute Gasteiger partial charge is 0.495 e. The number of fused-ring (bicyclic) bond motifs is 4. The summed E-state index contributed by atoms with van der Waals surface area (Å²) in [6, 6.07) is 10.2. The molecule has 3 aliphatic rings. The van der Waals surface area contributed by atoms with Crippen LogP contribution in [-0.2, 0) is 26.7 Å². The molecule has 1 amide bonds. The first-order chi connectivity index (χ1) is 17.7. The Morgan fingerprint density at radius 3 is 2.49 bits per heavy atom. The highest BCUT2D eigenvalue weighted by molar-refractivity contribution is 7.93. The lowest BCUT2D eigenvalue weighted by Crippen LogP contribution is -2.26. The first-order valence-electron chi connectivity index (χ1n) is 12.0. The Morgan fingerprint density at radius 2 is 1.89 bits per heavy atom. The first kappa shape index (κ1) is 23.8. The Morgan fingerprint density at radius 1 is 1.19 bits per heavy atom. The molecule has 3 aromatic rings. The molecule has 9 nitrogen and oxygen atoms in total. The maximum atomic E-state index is 15.2. The third-order valence-corrected chi connectivity index (χ3v) is 9.31. The molecule has 6 rings (SSSR count). The van der Waals surface area contributed by atoms with Gasteiger partial charge < -0.3 is 18.9 Å². The number of amides is 1. The summed E-state index contributed by atoms with van der Waals surface area (Å²) in [6.45, 7) is 2.45. The van der Waals surface area contributed by atoms with Crippen molar-refractivity contribution in [2.24, 2.45) is 5.92 Å². The van der Waals surface area contributed by atoms with Gasteiger partial charge in [-0.3, -0.25) is 9.52 Å². The predicted molar refractivity (Wildman–Crippen MR) is 133 cm³/mol. The van der Waals surface area contributed by atoms with E-state index in [2.05, 4.69) is 9.88 Å². The Balaban J connectivity index is 1.45. The van der Waals surface area contributed by atoms with Crippen LogP contribution in [0.3, 0.4) is 0 Å². The van der Waals surface area contributed by atoms with Gasteiger partial charge in [-0.05, 0) is 42.7 Å². The summed E-state index contributed by atoms with van der Waals surface area (Å²) >= 11 is 0. The Kier molecular flexibility index (Phi) is 5.27. The molecule has 11 heteroatoms. The highest BCUT2D eigenvalue weighted by atomic mass is 32.2. The van der Waals surface area contributed by atoms with E-state index in [0.29, 0.717) is 35.5 Å². The molecule has 1 saturated carbocycles. The molecule has 3 atom stereocenters. The fourth-order valence-electron chi connectivity index (χ4n) is 5.85. The normalized spacial score (nSPS) is 24.1. The number of alkyl halides is 1. The van der Waals surface area contributed by atoms with Crippen LogP contribution in [0.25, 0.3) is 11.3 Å². The van der Waals surface area contributed by atoms with Gasteiger partial charge >= 0.3 is 0 Å². The zero-order valence-electron chi connectivity index (χ0n) is 20.6. The number of anilines is 2. The van der Waals surface area contributed by atoms with E-state index in [0.717, 1.165) is 12.0 Å². The van der Waals surface area contributed by atoms with Gasteiger partial charge in [0.2, 0.25) is 5.91 Å². The van der Waals surface area contributed by atoms with Crippen molar-refractivity contribution in [3.8, 4) is 22.8 Å². The molecule has 0 bridgehead atoms. The number of carbonyl (C=O) groups is 1. The molecule has 1 N–H and O–H groups in total. The van der Waals surface area contributed by atoms with Gasteiger partial charge in [0, 0.05) is 41.1 Å². The van der Waals surface area contributed by atoms with Gasteiger partial charge in [-0.2, -0.15) is 0 Å². The molecule has 1 spiro atoms. The molecular formula is C26H26FN3O6S. The molecule has 1 saturated heterocycles. The third-order valence-electron chi connectivity index (χ3n) is 7.91. The van der Waals surface area contributed by atoms with E-state index < -0.39 is 21.6 Å². The lowest BCUT2D eigenvalue weighted by Gasteiger charge is -2.27. The third kappa shape index (κ3) is 3.36. The van der Waals surface area contributed by atoms with Crippen molar-refractivity contribution in [1.29, 1.82) is 0 Å². The van der Waals surface area contributed by atoms with Crippen molar-refractivity contribution in [3.63, 3.8) is 0 Å². The highest BCUT2D eigenvalue weighted by Gasteiger charge is 2.66. The molecule has 2 heterocycles. The summed E-state index contributed by atoms with van der Waals surface area (Å²) < 4.78 is 60.9. The molecule has 0 unspecified atom stereocenters. The van der Waals surface area contributed by atoms with Crippen LogP contribution >= 0.6 is 0 Å². The zero-order chi connectivity index (χ0) is 26.1. The SMILES string of the molecule is COc1cccc(OC)c1S(=O)(=O)Nc1noc2c1C[C@@]1(c3ccc(N4CCCC4=O)cc3-2)[C@@H](C)[C@@H]1F. The number of methoxy groups -OCH3 is 2. The molecule has 2 fully saturated rings. The summed E-state index contributed by atoms with van der Waals surface area (Å²) in [5, 5.41) is 4.05. The first-order valence-corrected chi connectivity index (χ1v) is 13.5. The standard InChI is InChI=1S/C26H26FN3O6S/c1-14-24(27)26(14)13-17-22(16-12-15(9-10-18(16)26)30-11-5-8-21(30)31)36-28-25(17)29-37(32,33)23-19(34-2)6-4-7-20(23)35-3/h4,6-7,9-10,12,14,24H,5,8,11,13H2,1-3H3,(H,28,29)/t14-,24-,26-/m0/s1. The number of nitrogens with one attached hydrogen (secondary N) is 1. The van der Waals surface area contributed by atoms with Gasteiger partial charge in [0.05, 0.1) is 14.2 Å². The van der Waals surface area contributed by atoms with Crippen LogP contribution in [0.15, 0.2) is 45.8 Å². The van der Waals surface area contributed by atoms with Crippen molar-refractivity contribution >= 4 is 27.4 Å². The molecular weight excluding hydrogens is 501 g/mol. The quantitative estimate of drug-likeness (QED) is 0.515. The average molecular weight is 528 g/mol. The van der Waals surface area contributed by atoms with Gasteiger partial charge in [0.15, 0.2) is 16.5 Å². The summed E-state index contributed by atoms with van der Waals surface area (Å²) in [5.74, 6) is 0.321. The molecule has 2 aromatic carbocycles. The van der Waals surface area contributed by atoms with Crippen LogP contribution in [0.4, 0.5) is 15.9 Å². The number of rotatable bonds is 6. The number of nitrogens with zero attached hydrogens (tertiary/aromatic N) is 2. The van der Waals surface area contributed by atoms with Crippen LogP contribution in [-0.4, -0.2) is 46.4 Å². The average Bonchev–Trinajstić information content (AvgIpc) is 3.26. The number of ether oxygens (including phenoxy) is 2. The molecule has 194 valence electrons. The maximum Gasteiger partial charge on any atom is 0.270 e. The number of aromatic nitrogens is 1. The van der Waals surface area contributed by atoms with Crippen LogP contribution in [0, 0.1) is 5.92 Å². The second kappa shape index (κ2) is 8.20. The minimum absolute atomic E-state index is 0.0121. The second-order valence-corrected chi connectivity index (χ2v) is 11.3. The van der Waals surface area contributed by atoms with Gasteiger partial charge in [-0.15, -0.1) is 0 Å². The number of hydrogen-bond acceptors (Lipinski definition) is 7. The second-order valence-electron chi connectivity index (χ2n) is 9.72. The van der Waals surface area contributed by atoms with Crippen molar-refractivity contribution in [2.45, 2.75) is 42.7 Å². The minimum Gasteiger partial charge on any atom is -0.495 e. The number of halogens is 1. The van der Waals surface area contributed by atoms with Gasteiger partial charge in [-0.1, -0.05) is 24.2 Å². The van der Waals surface area contributed by atoms with Crippen LogP contribution in [0.5, 0.6) is 11.5 Å². The van der Waals surface area contributed by atoms with Crippen molar-refractivity contribution in [2.75, 3.05) is 30.4 Å². The summed E-state index contributed by atoms with van der Waals surface area (Å²) in [7, 11) is -1.49. The lowest BCUT2D eigenvalue weighted by atomic mass is 9.77. The topological polar surface area (TPSA) is 111 Å². The molecule has 1 aliphatic heterocycles. The van der Waals surface area contributed by atoms with Crippen LogP contribution in [0.1, 0.15) is 30.9 Å².